The molecule has 0 fully saturated rings. The fourth-order valence-electron chi connectivity index (χ4n) is 1.33. The summed E-state index contributed by atoms with van der Waals surface area (Å²) in [4.78, 5) is 3.30. The van der Waals surface area contributed by atoms with Crippen LogP contribution < -0.4 is 5.32 Å². The van der Waals surface area contributed by atoms with E-state index in [4.69, 9.17) is 0 Å². The van der Waals surface area contributed by atoms with Crippen LogP contribution in [0.3, 0.4) is 0 Å². The molecule has 0 aliphatic carbocycles. The van der Waals surface area contributed by atoms with Gasteiger partial charge in [0.1, 0.15) is 0 Å². The van der Waals surface area contributed by atoms with Gasteiger partial charge in [-0.1, -0.05) is 20.8 Å². The van der Waals surface area contributed by atoms with Crippen molar-refractivity contribution in [1.82, 2.24) is 14.6 Å². The Labute approximate surface area is 103 Å². The highest BCUT2D eigenvalue weighted by Crippen LogP contribution is 2.15. The molecule has 1 aromatic rings. The van der Waals surface area contributed by atoms with Crippen molar-refractivity contribution < 1.29 is 8.42 Å². The van der Waals surface area contributed by atoms with Crippen molar-refractivity contribution in [2.45, 2.75) is 38.3 Å². The molecule has 0 aliphatic rings. The summed E-state index contributed by atoms with van der Waals surface area (Å²) in [6.45, 7) is 7.01. The van der Waals surface area contributed by atoms with Crippen molar-refractivity contribution in [1.29, 1.82) is 0 Å². The average Bonchev–Trinajstić information content (AvgIpc) is 2.74. The fourth-order valence-corrected chi connectivity index (χ4v) is 2.53. The molecule has 0 aromatic carbocycles. The lowest BCUT2D eigenvalue weighted by Gasteiger charge is -2.12. The molecule has 98 valence electrons. The molecule has 0 bridgehead atoms. The quantitative estimate of drug-likeness (QED) is 0.805. The van der Waals surface area contributed by atoms with Gasteiger partial charge < -0.3 is 10.3 Å². The summed E-state index contributed by atoms with van der Waals surface area (Å²) in [5, 5.41) is 3.23. The Hall–Kier alpha value is -0.850. The van der Waals surface area contributed by atoms with Crippen molar-refractivity contribution in [3.63, 3.8) is 0 Å². The highest BCUT2D eigenvalue weighted by molar-refractivity contribution is 7.89. The lowest BCUT2D eigenvalue weighted by Crippen LogP contribution is -2.26. The van der Waals surface area contributed by atoms with Gasteiger partial charge in [-0.25, -0.2) is 12.7 Å². The summed E-state index contributed by atoms with van der Waals surface area (Å²) in [5.41, 5.74) is 0.877. The van der Waals surface area contributed by atoms with Gasteiger partial charge in [0.2, 0.25) is 10.0 Å². The van der Waals surface area contributed by atoms with Crippen molar-refractivity contribution in [3.05, 3.63) is 18.0 Å². The van der Waals surface area contributed by atoms with Gasteiger partial charge in [-0.3, -0.25) is 0 Å². The van der Waals surface area contributed by atoms with Crippen molar-refractivity contribution in [3.8, 4) is 0 Å². The number of nitrogens with one attached hydrogen (secondary N) is 2. The molecule has 1 rings (SSSR count). The van der Waals surface area contributed by atoms with Crippen molar-refractivity contribution >= 4 is 10.0 Å². The first-order chi connectivity index (χ1) is 7.87. The molecule has 0 unspecified atom stereocenters. The zero-order chi connectivity index (χ0) is 13.1. The van der Waals surface area contributed by atoms with E-state index in [-0.39, 0.29) is 0 Å². The van der Waals surface area contributed by atoms with Gasteiger partial charge in [0.05, 0.1) is 4.90 Å². The number of nitrogens with zero attached hydrogens (tertiary/aromatic N) is 1. The number of aromatic amines is 1. The van der Waals surface area contributed by atoms with E-state index in [1.165, 1.54) is 4.31 Å². The SMILES string of the molecule is CCN(C)S(=O)(=O)c1c[nH]c(CNC(C)C)c1. The third-order valence-electron chi connectivity index (χ3n) is 2.57. The molecule has 1 heterocycles. The van der Waals surface area contributed by atoms with Crippen molar-refractivity contribution in [2.75, 3.05) is 13.6 Å². The summed E-state index contributed by atoms with van der Waals surface area (Å²) in [5.74, 6) is 0. The normalized spacial score (nSPS) is 12.6. The minimum Gasteiger partial charge on any atom is -0.363 e. The first-order valence-corrected chi connectivity index (χ1v) is 7.19. The molecule has 0 aliphatic heterocycles. The minimum absolute atomic E-state index is 0.322. The van der Waals surface area contributed by atoms with E-state index in [1.807, 2.05) is 20.8 Å². The van der Waals surface area contributed by atoms with E-state index in [1.54, 1.807) is 19.3 Å². The first kappa shape index (κ1) is 14.2. The zero-order valence-electron chi connectivity index (χ0n) is 10.8. The van der Waals surface area contributed by atoms with E-state index in [0.717, 1.165) is 5.69 Å². The molecule has 2 N–H and O–H groups in total. The van der Waals surface area contributed by atoms with E-state index < -0.39 is 10.0 Å². The van der Waals surface area contributed by atoms with Gasteiger partial charge >= 0.3 is 0 Å². The summed E-state index contributed by atoms with van der Waals surface area (Å²) >= 11 is 0. The van der Waals surface area contributed by atoms with Crippen LogP contribution in [0.1, 0.15) is 26.5 Å². The second-order valence-corrected chi connectivity index (χ2v) is 6.36. The Bertz CT molecular complexity index is 451. The largest absolute Gasteiger partial charge is 0.363 e. The first-order valence-electron chi connectivity index (χ1n) is 5.75. The predicted octanol–water partition coefficient (Wildman–Crippen LogP) is 1.15. The number of sulfonamides is 1. The summed E-state index contributed by atoms with van der Waals surface area (Å²) in [7, 11) is -1.75. The molecule has 0 saturated carbocycles. The van der Waals surface area contributed by atoms with E-state index in [2.05, 4.69) is 10.3 Å². The number of hydrogen-bond donors (Lipinski definition) is 2. The number of rotatable bonds is 6. The monoisotopic (exact) mass is 259 g/mol. The molecule has 6 heteroatoms. The second kappa shape index (κ2) is 5.66. The summed E-state index contributed by atoms with van der Waals surface area (Å²) < 4.78 is 25.3. The zero-order valence-corrected chi connectivity index (χ0v) is 11.6. The molecule has 0 radical (unpaired) electrons. The lowest BCUT2D eigenvalue weighted by molar-refractivity contribution is 0.486. The number of aromatic nitrogens is 1. The highest BCUT2D eigenvalue weighted by atomic mass is 32.2. The third-order valence-corrected chi connectivity index (χ3v) is 4.48. The van der Waals surface area contributed by atoms with Gasteiger partial charge in [0.15, 0.2) is 0 Å². The van der Waals surface area contributed by atoms with Crippen LogP contribution in [-0.2, 0) is 16.6 Å². The fraction of sp³-hybridized carbons (Fsp3) is 0.636. The van der Waals surface area contributed by atoms with E-state index in [9.17, 15) is 8.42 Å². The van der Waals surface area contributed by atoms with E-state index >= 15 is 0 Å². The molecule has 0 saturated heterocycles. The van der Waals surface area contributed by atoms with Gasteiger partial charge in [0.25, 0.3) is 0 Å². The molecule has 0 amide bonds. The van der Waals surface area contributed by atoms with Crippen LogP contribution in [0, 0.1) is 0 Å². The standard InChI is InChI=1S/C11H21N3O2S/c1-5-14(4)17(15,16)11-6-10(13-8-11)7-12-9(2)3/h6,8-9,12-13H,5,7H2,1-4H3. The molecular weight excluding hydrogens is 238 g/mol. The minimum atomic E-state index is -3.33. The third kappa shape index (κ3) is 3.55. The van der Waals surface area contributed by atoms with Crippen LogP contribution in [0.15, 0.2) is 17.2 Å². The number of H-pyrrole nitrogens is 1. The van der Waals surface area contributed by atoms with E-state index in [0.29, 0.717) is 24.0 Å². The highest BCUT2D eigenvalue weighted by Gasteiger charge is 2.20. The maximum absolute atomic E-state index is 12.0. The Kier molecular flexibility index (Phi) is 4.73. The predicted molar refractivity (Wildman–Crippen MR) is 68.3 cm³/mol. The topological polar surface area (TPSA) is 65.2 Å². The van der Waals surface area contributed by atoms with Crippen LogP contribution in [0.25, 0.3) is 0 Å². The Morgan fingerprint density at radius 3 is 2.65 bits per heavy atom. The Morgan fingerprint density at radius 2 is 2.12 bits per heavy atom. The molecule has 0 spiro atoms. The maximum Gasteiger partial charge on any atom is 0.244 e. The molecule has 5 nitrogen and oxygen atoms in total. The maximum atomic E-state index is 12.0. The number of hydrogen-bond acceptors (Lipinski definition) is 3. The van der Waals surface area contributed by atoms with Crippen LogP contribution in [0.5, 0.6) is 0 Å². The van der Waals surface area contributed by atoms with Gasteiger partial charge in [-0.2, -0.15) is 0 Å². The van der Waals surface area contributed by atoms with Crippen molar-refractivity contribution in [2.24, 2.45) is 0 Å². The molecular formula is C11H21N3O2S. The molecule has 17 heavy (non-hydrogen) atoms. The van der Waals surface area contributed by atoms with Crippen LogP contribution in [-0.4, -0.2) is 37.3 Å². The summed E-state index contributed by atoms with van der Waals surface area (Å²) in [6.07, 6.45) is 1.54. The van der Waals surface area contributed by atoms with Crippen LogP contribution in [0.2, 0.25) is 0 Å². The lowest BCUT2D eigenvalue weighted by atomic mass is 10.3. The molecule has 0 atom stereocenters. The van der Waals surface area contributed by atoms with Gasteiger partial charge in [-0.15, -0.1) is 0 Å². The average molecular weight is 259 g/mol. The second-order valence-electron chi connectivity index (χ2n) is 4.32. The Balaban J connectivity index is 2.81. The van der Waals surface area contributed by atoms with Gasteiger partial charge in [-0.05, 0) is 6.07 Å². The van der Waals surface area contributed by atoms with Crippen LogP contribution >= 0.6 is 0 Å². The molecule has 1 aromatic heterocycles. The Morgan fingerprint density at radius 1 is 1.47 bits per heavy atom. The summed E-state index contributed by atoms with van der Waals surface area (Å²) in [6, 6.07) is 2.05. The smallest absolute Gasteiger partial charge is 0.244 e. The van der Waals surface area contributed by atoms with Gasteiger partial charge in [0, 0.05) is 38.1 Å². The van der Waals surface area contributed by atoms with Crippen LogP contribution in [0.4, 0.5) is 0 Å².